The Bertz CT molecular complexity index is 374. The quantitative estimate of drug-likeness (QED) is 0.785. The van der Waals surface area contributed by atoms with Crippen LogP contribution in [0.15, 0.2) is 0 Å². The Balaban J connectivity index is 2.20. The zero-order chi connectivity index (χ0) is 15.1. The van der Waals surface area contributed by atoms with E-state index in [0.29, 0.717) is 17.4 Å². The molecule has 0 heterocycles. The van der Waals surface area contributed by atoms with Crippen LogP contribution in [0.2, 0.25) is 0 Å². The van der Waals surface area contributed by atoms with Crippen molar-refractivity contribution >= 4 is 5.97 Å². The fourth-order valence-corrected chi connectivity index (χ4v) is 4.72. The summed E-state index contributed by atoms with van der Waals surface area (Å²) in [6.45, 7) is 11.4. The molecule has 0 aromatic rings. The first-order chi connectivity index (χ1) is 9.26. The van der Waals surface area contributed by atoms with Crippen LogP contribution in [0.3, 0.4) is 0 Å². The summed E-state index contributed by atoms with van der Waals surface area (Å²) in [4.78, 5) is 12.1. The molecule has 2 aliphatic carbocycles. The molecule has 2 aliphatic rings. The Morgan fingerprint density at radius 1 is 1.40 bits per heavy atom. The molecular formula is C17H31NO2. The molecule has 5 atom stereocenters. The van der Waals surface area contributed by atoms with Gasteiger partial charge in [-0.3, -0.25) is 4.79 Å². The largest absolute Gasteiger partial charge is 0.468 e. The van der Waals surface area contributed by atoms with Gasteiger partial charge in [-0.1, -0.05) is 41.0 Å². The molecule has 3 heteroatoms. The lowest BCUT2D eigenvalue weighted by atomic mass is 9.68. The van der Waals surface area contributed by atoms with Gasteiger partial charge < -0.3 is 10.1 Å². The van der Waals surface area contributed by atoms with Crippen LogP contribution in [0.4, 0.5) is 0 Å². The van der Waals surface area contributed by atoms with Crippen LogP contribution in [0.1, 0.15) is 60.3 Å². The highest BCUT2D eigenvalue weighted by atomic mass is 16.5. The number of hydrogen-bond acceptors (Lipinski definition) is 3. The summed E-state index contributed by atoms with van der Waals surface area (Å²) in [5, 5.41) is 3.70. The molecule has 2 fully saturated rings. The number of carbonyl (C=O) groups is 1. The SMILES string of the molecule is CCC(C)C(NC1C(C)(C)[C@H]2CC[C@]1(C)C2)C(=O)OC. The van der Waals surface area contributed by atoms with Crippen molar-refractivity contribution in [2.24, 2.45) is 22.7 Å². The van der Waals surface area contributed by atoms with Crippen molar-refractivity contribution < 1.29 is 9.53 Å². The molecule has 116 valence electrons. The lowest BCUT2D eigenvalue weighted by Crippen LogP contribution is -2.57. The predicted molar refractivity (Wildman–Crippen MR) is 81.4 cm³/mol. The molecular weight excluding hydrogens is 250 g/mol. The third kappa shape index (κ3) is 2.38. The maximum Gasteiger partial charge on any atom is 0.323 e. The molecule has 0 spiro atoms. The van der Waals surface area contributed by atoms with Crippen molar-refractivity contribution in [3.63, 3.8) is 0 Å². The van der Waals surface area contributed by atoms with Crippen LogP contribution >= 0.6 is 0 Å². The number of fused-ring (bicyclic) bond motifs is 2. The minimum atomic E-state index is -0.176. The van der Waals surface area contributed by atoms with E-state index in [0.717, 1.165) is 12.3 Å². The molecule has 2 saturated carbocycles. The van der Waals surface area contributed by atoms with Crippen molar-refractivity contribution in [1.29, 1.82) is 0 Å². The lowest BCUT2D eigenvalue weighted by molar-refractivity contribution is -0.145. The van der Waals surface area contributed by atoms with E-state index in [4.69, 9.17) is 4.74 Å². The first-order valence-electron chi connectivity index (χ1n) is 8.10. The van der Waals surface area contributed by atoms with Gasteiger partial charge in [-0.25, -0.2) is 0 Å². The van der Waals surface area contributed by atoms with Crippen LogP contribution in [0.5, 0.6) is 0 Å². The van der Waals surface area contributed by atoms with Gasteiger partial charge in [0.2, 0.25) is 0 Å². The Morgan fingerprint density at radius 3 is 2.50 bits per heavy atom. The molecule has 20 heavy (non-hydrogen) atoms. The summed E-state index contributed by atoms with van der Waals surface area (Å²) >= 11 is 0. The van der Waals surface area contributed by atoms with E-state index in [1.807, 2.05) is 0 Å². The van der Waals surface area contributed by atoms with Gasteiger partial charge in [0.25, 0.3) is 0 Å². The third-order valence-corrected chi connectivity index (χ3v) is 6.28. The zero-order valence-corrected chi connectivity index (χ0v) is 14.0. The Morgan fingerprint density at radius 2 is 2.05 bits per heavy atom. The molecule has 0 radical (unpaired) electrons. The van der Waals surface area contributed by atoms with Crippen molar-refractivity contribution in [3.05, 3.63) is 0 Å². The summed E-state index contributed by atoms with van der Waals surface area (Å²) < 4.78 is 5.03. The highest BCUT2D eigenvalue weighted by Gasteiger charge is 2.59. The van der Waals surface area contributed by atoms with E-state index >= 15 is 0 Å². The van der Waals surface area contributed by atoms with E-state index in [-0.39, 0.29) is 17.4 Å². The second-order valence-corrected chi connectivity index (χ2v) is 7.90. The van der Waals surface area contributed by atoms with Crippen LogP contribution in [0.25, 0.3) is 0 Å². The lowest BCUT2D eigenvalue weighted by Gasteiger charge is -2.45. The predicted octanol–water partition coefficient (Wildman–Crippen LogP) is 3.38. The first-order valence-corrected chi connectivity index (χ1v) is 8.10. The van der Waals surface area contributed by atoms with E-state index < -0.39 is 0 Å². The Labute approximate surface area is 123 Å². The van der Waals surface area contributed by atoms with E-state index in [1.54, 1.807) is 0 Å². The highest BCUT2D eigenvalue weighted by Crippen LogP contribution is 2.62. The van der Waals surface area contributed by atoms with Gasteiger partial charge in [-0.05, 0) is 41.9 Å². The van der Waals surface area contributed by atoms with E-state index in [1.165, 1.54) is 26.4 Å². The van der Waals surface area contributed by atoms with Crippen molar-refractivity contribution in [1.82, 2.24) is 5.32 Å². The monoisotopic (exact) mass is 281 g/mol. The molecule has 0 aliphatic heterocycles. The van der Waals surface area contributed by atoms with Crippen LogP contribution < -0.4 is 5.32 Å². The molecule has 0 saturated heterocycles. The standard InChI is InChI=1S/C17H31NO2/c1-7-11(2)13(14(19)20-6)18-15-16(3,4)12-8-9-17(15,5)10-12/h11-13,15,18H,7-10H2,1-6H3/t11?,12-,13?,15?,17+/m0/s1. The average molecular weight is 281 g/mol. The molecule has 2 rings (SSSR count). The second kappa shape index (κ2) is 5.32. The molecule has 3 unspecified atom stereocenters. The molecule has 3 nitrogen and oxygen atoms in total. The van der Waals surface area contributed by atoms with Gasteiger partial charge in [0, 0.05) is 6.04 Å². The Kier molecular flexibility index (Phi) is 4.21. The number of rotatable bonds is 5. The maximum absolute atomic E-state index is 12.1. The summed E-state index contributed by atoms with van der Waals surface area (Å²) in [7, 11) is 1.49. The molecule has 0 aromatic heterocycles. The van der Waals surface area contributed by atoms with Crippen molar-refractivity contribution in [2.45, 2.75) is 72.4 Å². The van der Waals surface area contributed by atoms with Crippen molar-refractivity contribution in [2.75, 3.05) is 7.11 Å². The third-order valence-electron chi connectivity index (χ3n) is 6.28. The summed E-state index contributed by atoms with van der Waals surface area (Å²) in [5.41, 5.74) is 0.612. The summed E-state index contributed by atoms with van der Waals surface area (Å²) in [6.07, 6.45) is 4.91. The smallest absolute Gasteiger partial charge is 0.323 e. The first kappa shape index (κ1) is 15.8. The van der Waals surface area contributed by atoms with Crippen molar-refractivity contribution in [3.8, 4) is 0 Å². The zero-order valence-electron chi connectivity index (χ0n) is 14.0. The average Bonchev–Trinajstić information content (AvgIpc) is 2.88. The maximum atomic E-state index is 12.1. The molecule has 1 N–H and O–H groups in total. The molecule has 0 aromatic carbocycles. The summed E-state index contributed by atoms with van der Waals surface area (Å²) in [5.74, 6) is 0.989. The fraction of sp³-hybridized carbons (Fsp3) is 0.941. The topological polar surface area (TPSA) is 38.3 Å². The minimum Gasteiger partial charge on any atom is -0.468 e. The number of carbonyl (C=O) groups excluding carboxylic acids is 1. The van der Waals surface area contributed by atoms with Crippen LogP contribution in [-0.4, -0.2) is 25.2 Å². The van der Waals surface area contributed by atoms with Gasteiger partial charge in [0.05, 0.1) is 7.11 Å². The summed E-state index contributed by atoms with van der Waals surface area (Å²) in [6, 6.07) is 0.234. The number of ether oxygens (including phenoxy) is 1. The van der Waals surface area contributed by atoms with Gasteiger partial charge in [-0.2, -0.15) is 0 Å². The number of hydrogen-bond donors (Lipinski definition) is 1. The van der Waals surface area contributed by atoms with E-state index in [2.05, 4.69) is 39.9 Å². The fourth-order valence-electron chi connectivity index (χ4n) is 4.72. The molecule has 2 bridgehead atoms. The van der Waals surface area contributed by atoms with E-state index in [9.17, 15) is 4.79 Å². The number of nitrogens with one attached hydrogen (secondary N) is 1. The highest BCUT2D eigenvalue weighted by molar-refractivity contribution is 5.76. The number of methoxy groups -OCH3 is 1. The van der Waals surface area contributed by atoms with Gasteiger partial charge >= 0.3 is 5.97 Å². The Hall–Kier alpha value is -0.570. The second-order valence-electron chi connectivity index (χ2n) is 7.90. The van der Waals surface area contributed by atoms with Gasteiger partial charge in [-0.15, -0.1) is 0 Å². The van der Waals surface area contributed by atoms with Gasteiger partial charge in [0.15, 0.2) is 0 Å². The number of esters is 1. The molecule has 0 amide bonds. The van der Waals surface area contributed by atoms with Crippen LogP contribution in [-0.2, 0) is 9.53 Å². The van der Waals surface area contributed by atoms with Gasteiger partial charge in [0.1, 0.15) is 6.04 Å². The van der Waals surface area contributed by atoms with Crippen LogP contribution in [0, 0.1) is 22.7 Å². The normalized spacial score (nSPS) is 37.7. The minimum absolute atomic E-state index is 0.110.